The van der Waals surface area contributed by atoms with Gasteiger partial charge in [0.1, 0.15) is 5.82 Å². The highest BCUT2D eigenvalue weighted by Crippen LogP contribution is 2.25. The predicted molar refractivity (Wildman–Crippen MR) is 136 cm³/mol. The molecule has 184 valence electrons. The first-order chi connectivity index (χ1) is 17.3. The van der Waals surface area contributed by atoms with Crippen molar-refractivity contribution < 1.29 is 9.59 Å². The summed E-state index contributed by atoms with van der Waals surface area (Å²) < 4.78 is 3.51. The number of aryl methyl sites for hydroxylation is 2. The fraction of sp³-hybridized carbons (Fsp3) is 0.269. The van der Waals surface area contributed by atoms with Gasteiger partial charge in [0.05, 0.1) is 18.0 Å². The number of benzene rings is 1. The molecule has 0 spiro atoms. The first kappa shape index (κ1) is 23.3. The van der Waals surface area contributed by atoms with E-state index in [-0.39, 0.29) is 23.7 Å². The summed E-state index contributed by atoms with van der Waals surface area (Å²) in [7, 11) is 3.73. The van der Waals surface area contributed by atoms with Gasteiger partial charge >= 0.3 is 0 Å². The highest BCUT2D eigenvalue weighted by molar-refractivity contribution is 6.00. The molecule has 2 amide bonds. The Labute approximate surface area is 208 Å². The van der Waals surface area contributed by atoms with Gasteiger partial charge in [0.15, 0.2) is 0 Å². The molecule has 3 N–H and O–H groups in total. The van der Waals surface area contributed by atoms with E-state index in [1.807, 2.05) is 62.4 Å². The van der Waals surface area contributed by atoms with Crippen LogP contribution in [0.3, 0.4) is 0 Å². The van der Waals surface area contributed by atoms with Crippen molar-refractivity contribution in [2.75, 3.05) is 18.8 Å². The molecule has 0 bridgehead atoms. The molecule has 10 heteroatoms. The smallest absolute Gasteiger partial charge is 0.255 e. The number of rotatable bonds is 5. The van der Waals surface area contributed by atoms with Gasteiger partial charge in [-0.15, -0.1) is 0 Å². The van der Waals surface area contributed by atoms with Crippen LogP contribution >= 0.6 is 0 Å². The van der Waals surface area contributed by atoms with E-state index in [1.165, 1.54) is 0 Å². The Hall–Kier alpha value is -4.47. The zero-order valence-electron chi connectivity index (χ0n) is 20.5. The molecule has 4 heterocycles. The Balaban J connectivity index is 1.23. The SMILES string of the molecule is Cc1c(-c2ccc(C(=O)N3CC[C@@H](NC(=O)c4cc(-c5cnn(C)c5)cnc4N)C3)cc2)cnn1C. The van der Waals surface area contributed by atoms with E-state index in [9.17, 15) is 9.59 Å². The summed E-state index contributed by atoms with van der Waals surface area (Å²) in [6.45, 7) is 3.01. The van der Waals surface area contributed by atoms with E-state index in [1.54, 1.807) is 28.0 Å². The predicted octanol–water partition coefficient (Wildman–Crippen LogP) is 2.42. The highest BCUT2D eigenvalue weighted by atomic mass is 16.2. The minimum absolute atomic E-state index is 0.0547. The molecule has 1 aliphatic rings. The van der Waals surface area contributed by atoms with Crippen molar-refractivity contribution >= 4 is 17.6 Å². The monoisotopic (exact) mass is 484 g/mol. The van der Waals surface area contributed by atoms with Gasteiger partial charge in [0.25, 0.3) is 11.8 Å². The molecule has 3 aromatic heterocycles. The van der Waals surface area contributed by atoms with Gasteiger partial charge in [-0.2, -0.15) is 10.2 Å². The normalized spacial score (nSPS) is 15.3. The number of aromatic nitrogens is 5. The van der Waals surface area contributed by atoms with Crippen LogP contribution in [0.5, 0.6) is 0 Å². The lowest BCUT2D eigenvalue weighted by Gasteiger charge is -2.18. The molecule has 5 rings (SSSR count). The number of nitrogens with zero attached hydrogens (tertiary/aromatic N) is 6. The Morgan fingerprint density at radius 1 is 1.03 bits per heavy atom. The molecular weight excluding hydrogens is 456 g/mol. The fourth-order valence-electron chi connectivity index (χ4n) is 4.47. The maximum Gasteiger partial charge on any atom is 0.255 e. The Morgan fingerprint density at radius 2 is 1.81 bits per heavy atom. The van der Waals surface area contributed by atoms with Crippen molar-refractivity contribution in [3.8, 4) is 22.3 Å². The lowest BCUT2D eigenvalue weighted by molar-refractivity contribution is 0.0783. The number of likely N-dealkylation sites (tertiary alicyclic amines) is 1. The van der Waals surface area contributed by atoms with Crippen LogP contribution in [0.25, 0.3) is 22.3 Å². The van der Waals surface area contributed by atoms with Crippen LogP contribution in [0.4, 0.5) is 5.82 Å². The van der Waals surface area contributed by atoms with E-state index in [2.05, 4.69) is 20.5 Å². The number of hydrogen-bond acceptors (Lipinski definition) is 6. The number of anilines is 1. The average molecular weight is 485 g/mol. The second kappa shape index (κ2) is 9.29. The molecule has 0 unspecified atom stereocenters. The molecule has 0 aliphatic carbocycles. The second-order valence-electron chi connectivity index (χ2n) is 9.11. The van der Waals surface area contributed by atoms with Gasteiger partial charge in [0, 0.05) is 73.6 Å². The summed E-state index contributed by atoms with van der Waals surface area (Å²) in [6.07, 6.45) is 7.67. The zero-order chi connectivity index (χ0) is 25.4. The van der Waals surface area contributed by atoms with Gasteiger partial charge in [-0.1, -0.05) is 12.1 Å². The number of nitrogen functional groups attached to an aromatic ring is 1. The number of carbonyl (C=O) groups excluding carboxylic acids is 2. The Bertz CT molecular complexity index is 1440. The number of nitrogens with one attached hydrogen (secondary N) is 1. The molecule has 1 aromatic carbocycles. The van der Waals surface area contributed by atoms with Crippen molar-refractivity contribution in [2.45, 2.75) is 19.4 Å². The molecule has 4 aromatic rings. The summed E-state index contributed by atoms with van der Waals surface area (Å²) in [5.74, 6) is -0.197. The molecular formula is C26H28N8O2. The summed E-state index contributed by atoms with van der Waals surface area (Å²) in [5.41, 5.74) is 11.7. The van der Waals surface area contributed by atoms with E-state index < -0.39 is 0 Å². The van der Waals surface area contributed by atoms with Gasteiger partial charge < -0.3 is 16.0 Å². The lowest BCUT2D eigenvalue weighted by Crippen LogP contribution is -2.38. The molecule has 0 radical (unpaired) electrons. The minimum atomic E-state index is -0.304. The zero-order valence-corrected chi connectivity index (χ0v) is 20.5. The van der Waals surface area contributed by atoms with Crippen LogP contribution in [0, 0.1) is 6.92 Å². The second-order valence-corrected chi connectivity index (χ2v) is 9.11. The molecule has 1 aliphatic heterocycles. The highest BCUT2D eigenvalue weighted by Gasteiger charge is 2.29. The van der Waals surface area contributed by atoms with E-state index in [0.29, 0.717) is 30.6 Å². The Kier molecular flexibility index (Phi) is 6.01. The maximum atomic E-state index is 13.1. The van der Waals surface area contributed by atoms with Crippen molar-refractivity contribution in [3.05, 3.63) is 71.9 Å². The lowest BCUT2D eigenvalue weighted by atomic mass is 10.0. The molecule has 0 saturated carbocycles. The maximum absolute atomic E-state index is 13.1. The topological polar surface area (TPSA) is 124 Å². The largest absolute Gasteiger partial charge is 0.383 e. The molecule has 36 heavy (non-hydrogen) atoms. The van der Waals surface area contributed by atoms with Crippen LogP contribution in [-0.4, -0.2) is 60.4 Å². The number of carbonyl (C=O) groups is 2. The van der Waals surface area contributed by atoms with Gasteiger partial charge in [0.2, 0.25) is 0 Å². The standard InChI is InChI=1S/C26H28N8O2/c1-16-23(13-30-33(16)3)17-4-6-18(7-5-17)26(36)34-9-8-21(15-34)31-25(35)22-10-19(11-28-24(22)27)20-12-29-32(2)14-20/h4-7,10-14,21H,8-9,15H2,1-3H3,(H2,27,28)(H,31,35)/t21-/m1/s1. The van der Waals surface area contributed by atoms with Crippen LogP contribution in [0.15, 0.2) is 55.1 Å². The number of nitrogens with two attached hydrogens (primary N) is 1. The van der Waals surface area contributed by atoms with Gasteiger partial charge in [-0.3, -0.25) is 19.0 Å². The third kappa shape index (κ3) is 4.45. The number of pyridine rings is 1. The Morgan fingerprint density at radius 3 is 2.47 bits per heavy atom. The van der Waals surface area contributed by atoms with E-state index in [0.717, 1.165) is 27.9 Å². The van der Waals surface area contributed by atoms with Crippen molar-refractivity contribution in [1.82, 2.24) is 34.8 Å². The first-order valence-electron chi connectivity index (χ1n) is 11.7. The van der Waals surface area contributed by atoms with Gasteiger partial charge in [-0.05, 0) is 37.1 Å². The van der Waals surface area contributed by atoms with Crippen molar-refractivity contribution in [1.29, 1.82) is 0 Å². The fourth-order valence-corrected chi connectivity index (χ4v) is 4.47. The number of amides is 2. The van der Waals surface area contributed by atoms with Crippen LogP contribution in [0.2, 0.25) is 0 Å². The minimum Gasteiger partial charge on any atom is -0.383 e. The van der Waals surface area contributed by atoms with E-state index in [4.69, 9.17) is 5.73 Å². The summed E-state index contributed by atoms with van der Waals surface area (Å²) in [4.78, 5) is 32.0. The molecule has 1 atom stereocenters. The van der Waals surface area contributed by atoms with Crippen LogP contribution < -0.4 is 11.1 Å². The molecule has 1 saturated heterocycles. The van der Waals surface area contributed by atoms with Crippen LogP contribution in [0.1, 0.15) is 32.8 Å². The number of hydrogen-bond donors (Lipinski definition) is 2. The van der Waals surface area contributed by atoms with Crippen LogP contribution in [-0.2, 0) is 14.1 Å². The molecule has 1 fully saturated rings. The third-order valence-electron chi connectivity index (χ3n) is 6.69. The molecule has 10 nitrogen and oxygen atoms in total. The quantitative estimate of drug-likeness (QED) is 0.448. The summed E-state index contributed by atoms with van der Waals surface area (Å²) in [6, 6.07) is 9.12. The summed E-state index contributed by atoms with van der Waals surface area (Å²) >= 11 is 0. The van der Waals surface area contributed by atoms with Crippen molar-refractivity contribution in [2.24, 2.45) is 14.1 Å². The van der Waals surface area contributed by atoms with Crippen molar-refractivity contribution in [3.63, 3.8) is 0 Å². The first-order valence-corrected chi connectivity index (χ1v) is 11.7. The third-order valence-corrected chi connectivity index (χ3v) is 6.69. The van der Waals surface area contributed by atoms with Gasteiger partial charge in [-0.25, -0.2) is 4.98 Å². The average Bonchev–Trinajstić information content (AvgIpc) is 3.60. The van der Waals surface area contributed by atoms with E-state index >= 15 is 0 Å². The summed E-state index contributed by atoms with van der Waals surface area (Å²) in [5, 5.41) is 11.5.